The third-order valence-electron chi connectivity index (χ3n) is 2.57. The van der Waals surface area contributed by atoms with Crippen LogP contribution in [-0.4, -0.2) is 23.1 Å². The van der Waals surface area contributed by atoms with E-state index in [0.717, 1.165) is 18.7 Å². The van der Waals surface area contributed by atoms with Gasteiger partial charge in [-0.3, -0.25) is 0 Å². The maximum atomic E-state index is 10.2. The summed E-state index contributed by atoms with van der Waals surface area (Å²) in [5.41, 5.74) is 0.995. The van der Waals surface area contributed by atoms with Crippen LogP contribution in [0.5, 0.6) is 0 Å². The van der Waals surface area contributed by atoms with E-state index in [-0.39, 0.29) is 0 Å². The van der Waals surface area contributed by atoms with Gasteiger partial charge in [0.05, 0.1) is 0 Å². The Labute approximate surface area is 123 Å². The molecule has 0 spiro atoms. The summed E-state index contributed by atoms with van der Waals surface area (Å²) in [7, 11) is 0. The third kappa shape index (κ3) is 5.81. The van der Waals surface area contributed by atoms with Gasteiger partial charge in [-0.05, 0) is 44.1 Å². The summed E-state index contributed by atoms with van der Waals surface area (Å²) in [4.78, 5) is -0.745. The lowest BCUT2D eigenvalue weighted by Crippen LogP contribution is -2.26. The Kier molecular flexibility index (Phi) is 6.82. The molecule has 1 atom stereocenters. The van der Waals surface area contributed by atoms with Gasteiger partial charge in [0.25, 0.3) is 0 Å². The lowest BCUT2D eigenvalue weighted by atomic mass is 10.2. The van der Waals surface area contributed by atoms with Crippen LogP contribution in [0.4, 0.5) is 0 Å². The molecule has 102 valence electrons. The summed E-state index contributed by atoms with van der Waals surface area (Å²) in [6, 6.07) is 5.45. The van der Waals surface area contributed by atoms with Gasteiger partial charge in [-0.2, -0.15) is 0 Å². The molecule has 0 radical (unpaired) electrons. The minimum absolute atomic E-state index is 0.632. The first-order valence-electron chi connectivity index (χ1n) is 5.95. The van der Waals surface area contributed by atoms with Crippen LogP contribution in [0.3, 0.4) is 0 Å². The van der Waals surface area contributed by atoms with Crippen LogP contribution in [0.15, 0.2) is 18.2 Å². The van der Waals surface area contributed by atoms with Crippen molar-refractivity contribution in [3.63, 3.8) is 0 Å². The van der Waals surface area contributed by atoms with E-state index in [1.165, 1.54) is 11.8 Å². The molecule has 18 heavy (non-hydrogen) atoms. The zero-order valence-corrected chi connectivity index (χ0v) is 13.0. The van der Waals surface area contributed by atoms with E-state index >= 15 is 0 Å². The van der Waals surface area contributed by atoms with Crippen molar-refractivity contribution in [3.8, 4) is 0 Å². The van der Waals surface area contributed by atoms with Crippen LogP contribution in [0.25, 0.3) is 0 Å². The fraction of sp³-hybridized carbons (Fsp3) is 0.538. The van der Waals surface area contributed by atoms with Crippen molar-refractivity contribution in [1.82, 2.24) is 5.32 Å². The lowest BCUT2D eigenvalue weighted by Gasteiger charge is -2.23. The number of thioether (sulfide) groups is 1. The minimum Gasteiger partial charge on any atom is -0.380 e. The van der Waals surface area contributed by atoms with Gasteiger partial charge in [0.15, 0.2) is 0 Å². The summed E-state index contributed by atoms with van der Waals surface area (Å²) in [6.45, 7) is 5.61. The van der Waals surface area contributed by atoms with E-state index in [1.807, 2.05) is 19.1 Å². The molecule has 1 aromatic rings. The van der Waals surface area contributed by atoms with Gasteiger partial charge in [0, 0.05) is 15.8 Å². The number of hydrogen-bond donors (Lipinski definition) is 2. The number of aliphatic hydroxyl groups is 1. The van der Waals surface area contributed by atoms with Crippen LogP contribution in [0.2, 0.25) is 10.0 Å². The van der Waals surface area contributed by atoms with Gasteiger partial charge in [0.2, 0.25) is 0 Å². The average molecular weight is 308 g/mol. The van der Waals surface area contributed by atoms with E-state index < -0.39 is 4.93 Å². The van der Waals surface area contributed by atoms with Gasteiger partial charge in [-0.15, -0.1) is 11.8 Å². The first kappa shape index (κ1) is 16.1. The highest BCUT2D eigenvalue weighted by molar-refractivity contribution is 7.99. The van der Waals surface area contributed by atoms with Crippen LogP contribution in [0.1, 0.15) is 25.8 Å². The Balaban J connectivity index is 2.48. The summed E-state index contributed by atoms with van der Waals surface area (Å²) in [6.07, 6.45) is 0.705. The highest BCUT2D eigenvalue weighted by Gasteiger charge is 2.20. The SMILES string of the molecule is CCNCCC(C)(O)SCc1ccc(Cl)cc1Cl. The number of rotatable bonds is 7. The average Bonchev–Trinajstić information content (AvgIpc) is 2.28. The number of hydrogen-bond acceptors (Lipinski definition) is 3. The second kappa shape index (κ2) is 7.61. The first-order valence-corrected chi connectivity index (χ1v) is 7.70. The first-order chi connectivity index (χ1) is 8.44. The van der Waals surface area contributed by atoms with Gasteiger partial charge in [-0.1, -0.05) is 36.2 Å². The van der Waals surface area contributed by atoms with Gasteiger partial charge in [0.1, 0.15) is 4.93 Å². The molecule has 0 bridgehead atoms. The molecule has 1 rings (SSSR count). The fourth-order valence-corrected chi connectivity index (χ4v) is 2.96. The molecule has 2 N–H and O–H groups in total. The quantitative estimate of drug-likeness (QED) is 0.591. The van der Waals surface area contributed by atoms with E-state index in [9.17, 15) is 5.11 Å². The van der Waals surface area contributed by atoms with Crippen LogP contribution < -0.4 is 5.32 Å². The zero-order chi connectivity index (χ0) is 13.6. The molecule has 0 saturated carbocycles. The Morgan fingerprint density at radius 2 is 2.11 bits per heavy atom. The molecule has 0 aliphatic carbocycles. The van der Waals surface area contributed by atoms with Gasteiger partial charge >= 0.3 is 0 Å². The van der Waals surface area contributed by atoms with Crippen LogP contribution in [-0.2, 0) is 5.75 Å². The largest absolute Gasteiger partial charge is 0.380 e. The molecule has 0 aromatic heterocycles. The second-order valence-corrected chi connectivity index (χ2v) is 6.60. The van der Waals surface area contributed by atoms with E-state index in [0.29, 0.717) is 22.2 Å². The normalized spacial score (nSPS) is 14.5. The maximum Gasteiger partial charge on any atom is 0.109 e. The number of halogens is 2. The van der Waals surface area contributed by atoms with Gasteiger partial charge < -0.3 is 10.4 Å². The third-order valence-corrected chi connectivity index (χ3v) is 4.44. The molecule has 2 nitrogen and oxygen atoms in total. The summed E-state index contributed by atoms with van der Waals surface area (Å²) in [5, 5.41) is 14.7. The minimum atomic E-state index is -0.745. The predicted molar refractivity (Wildman–Crippen MR) is 81.5 cm³/mol. The molecule has 0 amide bonds. The molecule has 1 unspecified atom stereocenters. The van der Waals surface area contributed by atoms with Crippen molar-refractivity contribution in [2.45, 2.75) is 31.0 Å². The highest BCUT2D eigenvalue weighted by atomic mass is 35.5. The lowest BCUT2D eigenvalue weighted by molar-refractivity contribution is 0.147. The molecule has 5 heteroatoms. The Bertz CT molecular complexity index is 385. The molecular weight excluding hydrogens is 289 g/mol. The van der Waals surface area contributed by atoms with Crippen molar-refractivity contribution >= 4 is 35.0 Å². The summed E-state index contributed by atoms with van der Waals surface area (Å²) >= 11 is 13.4. The molecule has 0 fully saturated rings. The molecule has 0 saturated heterocycles. The number of benzene rings is 1. The molecule has 0 heterocycles. The smallest absolute Gasteiger partial charge is 0.109 e. The van der Waals surface area contributed by atoms with Crippen molar-refractivity contribution < 1.29 is 5.11 Å². The zero-order valence-electron chi connectivity index (χ0n) is 10.7. The van der Waals surface area contributed by atoms with Crippen LogP contribution >= 0.6 is 35.0 Å². The standard InChI is InChI=1S/C13H19Cl2NOS/c1-3-16-7-6-13(2,17)18-9-10-4-5-11(14)8-12(10)15/h4-5,8,16-17H,3,6-7,9H2,1-2H3. The van der Waals surface area contributed by atoms with E-state index in [1.54, 1.807) is 6.07 Å². The number of nitrogens with one attached hydrogen (secondary N) is 1. The maximum absolute atomic E-state index is 10.2. The van der Waals surface area contributed by atoms with Gasteiger partial charge in [-0.25, -0.2) is 0 Å². The second-order valence-electron chi connectivity index (χ2n) is 4.30. The Morgan fingerprint density at radius 3 is 2.72 bits per heavy atom. The van der Waals surface area contributed by atoms with E-state index in [4.69, 9.17) is 23.2 Å². The Morgan fingerprint density at radius 1 is 1.39 bits per heavy atom. The Hall–Kier alpha value is 0.0700. The van der Waals surface area contributed by atoms with Crippen molar-refractivity contribution in [2.24, 2.45) is 0 Å². The van der Waals surface area contributed by atoms with Crippen LogP contribution in [0, 0.1) is 0 Å². The van der Waals surface area contributed by atoms with E-state index in [2.05, 4.69) is 12.2 Å². The fourth-order valence-electron chi connectivity index (χ4n) is 1.44. The monoisotopic (exact) mass is 307 g/mol. The molecule has 0 aliphatic heterocycles. The highest BCUT2D eigenvalue weighted by Crippen LogP contribution is 2.32. The summed E-state index contributed by atoms with van der Waals surface area (Å²) in [5.74, 6) is 0.676. The summed E-state index contributed by atoms with van der Waals surface area (Å²) < 4.78 is 0. The van der Waals surface area contributed by atoms with Crippen molar-refractivity contribution in [1.29, 1.82) is 0 Å². The molecule has 1 aromatic carbocycles. The topological polar surface area (TPSA) is 32.3 Å². The molecule has 0 aliphatic rings. The van der Waals surface area contributed by atoms with Crippen molar-refractivity contribution in [3.05, 3.63) is 33.8 Å². The molecular formula is C13H19Cl2NOS. The van der Waals surface area contributed by atoms with Crippen molar-refractivity contribution in [2.75, 3.05) is 13.1 Å². The predicted octanol–water partition coefficient (Wildman–Crippen LogP) is 3.93.